The maximum absolute atomic E-state index is 4.98. The number of nitrogens with zero attached hydrogens (tertiary/aromatic N) is 1. The third-order valence-electron chi connectivity index (χ3n) is 0.787. The average molecular weight is 86.1 g/mol. The van der Waals surface area contributed by atoms with E-state index >= 15 is 0 Å². The van der Waals surface area contributed by atoms with Gasteiger partial charge in [0.1, 0.15) is 13.2 Å². The molecule has 1 fully saturated rings. The monoisotopic (exact) mass is 86.1 g/mol. The van der Waals surface area contributed by atoms with Gasteiger partial charge in [0, 0.05) is 0 Å². The Balaban J connectivity index is 2.00. The van der Waals surface area contributed by atoms with Crippen molar-refractivity contribution in [2.45, 2.75) is 0 Å². The topological polar surface area (TPSA) is 23.3 Å². The lowest BCUT2D eigenvalue weighted by Gasteiger charge is -1.97. The first kappa shape index (κ1) is 4.09. The Labute approximate surface area is 37.5 Å². The van der Waals surface area contributed by atoms with Crippen molar-refractivity contribution in [1.82, 2.24) is 5.32 Å². The zero-order valence-electron chi connectivity index (χ0n) is 3.68. The standard InChI is InChI=1S/C4H8NO/c1-3-6-4-2-5-1/h1-4H2/q+1. The summed E-state index contributed by atoms with van der Waals surface area (Å²) in [5, 5.41) is 4.05. The van der Waals surface area contributed by atoms with Crippen LogP contribution in [0, 0.1) is 0 Å². The molecule has 2 heteroatoms. The maximum Gasteiger partial charge on any atom is 0.207 e. The molecule has 0 aromatic rings. The SMILES string of the molecule is C1COCC[N+]1. The van der Waals surface area contributed by atoms with Crippen molar-refractivity contribution in [1.29, 1.82) is 0 Å². The van der Waals surface area contributed by atoms with Crippen LogP contribution in [0.2, 0.25) is 0 Å². The van der Waals surface area contributed by atoms with Gasteiger partial charge < -0.3 is 4.74 Å². The van der Waals surface area contributed by atoms with Crippen LogP contribution in [0.3, 0.4) is 0 Å². The summed E-state index contributed by atoms with van der Waals surface area (Å²) in [5.41, 5.74) is 0. The molecule has 0 bridgehead atoms. The molecule has 0 spiro atoms. The summed E-state index contributed by atoms with van der Waals surface area (Å²) in [6.45, 7) is 3.47. The fraction of sp³-hybridized carbons (Fsp3) is 1.00. The quantitative estimate of drug-likeness (QED) is 0.394. The fourth-order valence-corrected chi connectivity index (χ4v) is 0.472. The summed E-state index contributed by atoms with van der Waals surface area (Å²) in [5.74, 6) is 0. The molecule has 0 atom stereocenters. The Morgan fingerprint density at radius 3 is 2.00 bits per heavy atom. The van der Waals surface area contributed by atoms with Crippen LogP contribution in [0.15, 0.2) is 0 Å². The van der Waals surface area contributed by atoms with Crippen LogP contribution in [0.25, 0.3) is 0 Å². The molecule has 0 N–H and O–H groups in total. The number of rotatable bonds is 0. The molecule has 0 saturated carbocycles. The van der Waals surface area contributed by atoms with E-state index in [4.69, 9.17) is 4.74 Å². The molecule has 2 nitrogen and oxygen atoms in total. The Morgan fingerprint density at radius 1 is 1.17 bits per heavy atom. The van der Waals surface area contributed by atoms with E-state index in [0.29, 0.717) is 0 Å². The van der Waals surface area contributed by atoms with Crippen LogP contribution in [0.1, 0.15) is 0 Å². The average Bonchev–Trinajstić information content (AvgIpc) is 1.72. The first-order chi connectivity index (χ1) is 3.00. The van der Waals surface area contributed by atoms with Crippen molar-refractivity contribution < 1.29 is 4.74 Å². The van der Waals surface area contributed by atoms with Gasteiger partial charge in [0.25, 0.3) is 0 Å². The molecule has 1 aliphatic heterocycles. The predicted octanol–water partition coefficient (Wildman–Crippen LogP) is -0.379. The van der Waals surface area contributed by atoms with Crippen LogP contribution in [-0.4, -0.2) is 26.3 Å². The molecule has 1 heterocycles. The molecule has 0 aromatic heterocycles. The maximum atomic E-state index is 4.98. The largest absolute Gasteiger partial charge is 0.369 e. The number of hydrogen-bond donors (Lipinski definition) is 0. The second-order valence-corrected chi connectivity index (χ2v) is 1.28. The van der Waals surface area contributed by atoms with Gasteiger partial charge in [0.05, 0.1) is 5.32 Å². The summed E-state index contributed by atoms with van der Waals surface area (Å²) in [7, 11) is 0. The van der Waals surface area contributed by atoms with Gasteiger partial charge in [-0.1, -0.05) is 0 Å². The van der Waals surface area contributed by atoms with Gasteiger partial charge in [-0.3, -0.25) is 0 Å². The molecular weight excluding hydrogens is 78.0 g/mol. The number of ether oxygens (including phenoxy) is 1. The highest BCUT2D eigenvalue weighted by Crippen LogP contribution is 1.79. The molecule has 1 rings (SSSR count). The Bertz CT molecular complexity index is 23.0. The summed E-state index contributed by atoms with van der Waals surface area (Å²) < 4.78 is 4.98. The van der Waals surface area contributed by atoms with Crippen molar-refractivity contribution in [3.63, 3.8) is 0 Å². The van der Waals surface area contributed by atoms with Gasteiger partial charge in [0.2, 0.25) is 13.1 Å². The van der Waals surface area contributed by atoms with E-state index in [9.17, 15) is 0 Å². The van der Waals surface area contributed by atoms with Crippen molar-refractivity contribution in [3.8, 4) is 0 Å². The van der Waals surface area contributed by atoms with Crippen molar-refractivity contribution in [2.75, 3.05) is 26.3 Å². The Hall–Kier alpha value is -0.0800. The first-order valence-corrected chi connectivity index (χ1v) is 2.21. The minimum Gasteiger partial charge on any atom is -0.369 e. The number of morpholine rings is 1. The molecular formula is C4H8NO+. The lowest BCUT2D eigenvalue weighted by atomic mass is 10.5. The highest BCUT2D eigenvalue weighted by molar-refractivity contribution is 4.48. The van der Waals surface area contributed by atoms with Gasteiger partial charge in [-0.2, -0.15) is 0 Å². The van der Waals surface area contributed by atoms with E-state index < -0.39 is 0 Å². The van der Waals surface area contributed by atoms with E-state index in [1.54, 1.807) is 0 Å². The van der Waals surface area contributed by atoms with Gasteiger partial charge in [-0.05, 0) is 0 Å². The van der Waals surface area contributed by atoms with Crippen LogP contribution in [0.4, 0.5) is 0 Å². The molecule has 0 aliphatic carbocycles. The zero-order chi connectivity index (χ0) is 4.24. The van der Waals surface area contributed by atoms with E-state index in [2.05, 4.69) is 5.32 Å². The van der Waals surface area contributed by atoms with Crippen LogP contribution in [-0.2, 0) is 4.74 Å². The summed E-state index contributed by atoms with van der Waals surface area (Å²) >= 11 is 0. The van der Waals surface area contributed by atoms with E-state index in [-0.39, 0.29) is 0 Å². The molecule has 1 saturated heterocycles. The summed E-state index contributed by atoms with van der Waals surface area (Å²) in [6.07, 6.45) is 0. The third-order valence-corrected chi connectivity index (χ3v) is 0.787. The smallest absolute Gasteiger partial charge is 0.207 e. The molecule has 1 aliphatic rings. The Morgan fingerprint density at radius 2 is 1.83 bits per heavy atom. The highest BCUT2D eigenvalue weighted by Gasteiger charge is 2.08. The molecule has 6 heavy (non-hydrogen) atoms. The van der Waals surface area contributed by atoms with E-state index in [0.717, 1.165) is 26.3 Å². The second kappa shape index (κ2) is 2.16. The lowest BCUT2D eigenvalue weighted by molar-refractivity contribution is 0.107. The van der Waals surface area contributed by atoms with Crippen LogP contribution in [0.5, 0.6) is 0 Å². The lowest BCUT2D eigenvalue weighted by Crippen LogP contribution is -2.24. The zero-order valence-corrected chi connectivity index (χ0v) is 3.68. The molecule has 2 radical (unpaired) electrons. The van der Waals surface area contributed by atoms with Crippen molar-refractivity contribution in [3.05, 3.63) is 0 Å². The highest BCUT2D eigenvalue weighted by atomic mass is 16.5. The Kier molecular flexibility index (Phi) is 1.47. The minimum absolute atomic E-state index is 0.833. The van der Waals surface area contributed by atoms with Crippen molar-refractivity contribution in [2.24, 2.45) is 0 Å². The van der Waals surface area contributed by atoms with Gasteiger partial charge in [-0.15, -0.1) is 0 Å². The molecule has 0 unspecified atom stereocenters. The van der Waals surface area contributed by atoms with Gasteiger partial charge >= 0.3 is 0 Å². The normalized spacial score (nSPS) is 24.0. The van der Waals surface area contributed by atoms with E-state index in [1.165, 1.54) is 0 Å². The fourth-order valence-electron chi connectivity index (χ4n) is 0.472. The predicted molar refractivity (Wildman–Crippen MR) is 22.7 cm³/mol. The van der Waals surface area contributed by atoms with Crippen LogP contribution < -0.4 is 5.32 Å². The van der Waals surface area contributed by atoms with Crippen LogP contribution >= 0.6 is 0 Å². The van der Waals surface area contributed by atoms with Gasteiger partial charge in [-0.25, -0.2) is 0 Å². The van der Waals surface area contributed by atoms with E-state index in [1.807, 2.05) is 0 Å². The summed E-state index contributed by atoms with van der Waals surface area (Å²) in [4.78, 5) is 0. The second-order valence-electron chi connectivity index (χ2n) is 1.28. The molecule has 0 aromatic carbocycles. The molecule has 0 amide bonds. The third kappa shape index (κ3) is 0.954. The number of hydrogen-bond acceptors (Lipinski definition) is 1. The minimum atomic E-state index is 0.833. The summed E-state index contributed by atoms with van der Waals surface area (Å²) in [6, 6.07) is 0. The van der Waals surface area contributed by atoms with Gasteiger partial charge in [0.15, 0.2) is 0 Å². The first-order valence-electron chi connectivity index (χ1n) is 2.21. The van der Waals surface area contributed by atoms with Crippen molar-refractivity contribution >= 4 is 0 Å². The molecule has 34 valence electrons.